The van der Waals surface area contributed by atoms with Gasteiger partial charge in [-0.15, -0.1) is 0 Å². The molecule has 0 aliphatic carbocycles. The summed E-state index contributed by atoms with van der Waals surface area (Å²) in [6.07, 6.45) is 0.877. The minimum Gasteiger partial charge on any atom is -0.507 e. The topological polar surface area (TPSA) is 52.8 Å². The molecule has 3 nitrogen and oxygen atoms in total. The maximum Gasteiger partial charge on any atom is 0.124 e. The van der Waals surface area contributed by atoms with Crippen LogP contribution in [0.4, 0.5) is 0 Å². The van der Waals surface area contributed by atoms with Crippen LogP contribution >= 0.6 is 0 Å². The van der Waals surface area contributed by atoms with Crippen molar-refractivity contribution in [1.82, 2.24) is 0 Å². The Morgan fingerprint density at radius 3 is 1.96 bits per heavy atom. The third-order valence-corrected chi connectivity index (χ3v) is 4.85. The molecule has 0 spiro atoms. The van der Waals surface area contributed by atoms with Gasteiger partial charge in [-0.2, -0.15) is 0 Å². The van der Waals surface area contributed by atoms with E-state index in [4.69, 9.17) is 0 Å². The summed E-state index contributed by atoms with van der Waals surface area (Å²) >= 11 is 0. The lowest BCUT2D eigenvalue weighted by molar-refractivity contribution is 0.148. The first kappa shape index (κ1) is 19.8. The van der Waals surface area contributed by atoms with Crippen molar-refractivity contribution in [3.8, 4) is 5.75 Å². The number of phenols is 1. The summed E-state index contributed by atoms with van der Waals surface area (Å²) < 4.78 is 0. The minimum atomic E-state index is -0.784. The van der Waals surface area contributed by atoms with Gasteiger partial charge in [0.1, 0.15) is 17.9 Å². The van der Waals surface area contributed by atoms with E-state index in [2.05, 4.69) is 25.8 Å². The SMILES string of the molecule is CC(C)(C)c1ccc(O)c(C=N[C@@H](c2ccccc2)[C@H](O)c2ccccc2)c1. The molecule has 0 aliphatic heterocycles. The lowest BCUT2D eigenvalue weighted by Gasteiger charge is -2.21. The third-order valence-electron chi connectivity index (χ3n) is 4.85. The van der Waals surface area contributed by atoms with Gasteiger partial charge in [-0.25, -0.2) is 0 Å². The lowest BCUT2D eigenvalue weighted by atomic mass is 9.86. The van der Waals surface area contributed by atoms with E-state index in [1.807, 2.05) is 72.8 Å². The number of nitrogens with zero attached hydrogens (tertiary/aromatic N) is 1. The number of aliphatic hydroxyl groups is 1. The van der Waals surface area contributed by atoms with Crippen molar-refractivity contribution in [2.24, 2.45) is 4.99 Å². The van der Waals surface area contributed by atoms with Gasteiger partial charge in [0.05, 0.1) is 0 Å². The highest BCUT2D eigenvalue weighted by atomic mass is 16.3. The molecule has 3 rings (SSSR count). The highest BCUT2D eigenvalue weighted by Gasteiger charge is 2.22. The van der Waals surface area contributed by atoms with Crippen molar-refractivity contribution in [3.05, 3.63) is 101 Å². The molecule has 0 aliphatic rings. The van der Waals surface area contributed by atoms with Crippen LogP contribution in [-0.4, -0.2) is 16.4 Å². The van der Waals surface area contributed by atoms with E-state index in [1.54, 1.807) is 12.3 Å². The monoisotopic (exact) mass is 373 g/mol. The van der Waals surface area contributed by atoms with Gasteiger partial charge in [-0.3, -0.25) is 4.99 Å². The highest BCUT2D eigenvalue weighted by molar-refractivity contribution is 5.84. The fraction of sp³-hybridized carbons (Fsp3) is 0.240. The molecule has 3 aromatic carbocycles. The Hall–Kier alpha value is -2.91. The zero-order valence-electron chi connectivity index (χ0n) is 16.6. The van der Waals surface area contributed by atoms with E-state index in [0.717, 1.165) is 16.7 Å². The van der Waals surface area contributed by atoms with E-state index in [-0.39, 0.29) is 11.2 Å². The standard InChI is InChI=1S/C25H27NO2/c1-25(2,3)21-14-15-22(27)20(16-21)17-26-23(18-10-6-4-7-11-18)24(28)19-12-8-5-9-13-19/h4-17,23-24,27-28H,1-3H3/t23-,24+/m0/s1. The van der Waals surface area contributed by atoms with Gasteiger partial charge >= 0.3 is 0 Å². The summed E-state index contributed by atoms with van der Waals surface area (Å²) in [7, 11) is 0. The Morgan fingerprint density at radius 2 is 1.39 bits per heavy atom. The number of aromatic hydroxyl groups is 1. The predicted octanol–water partition coefficient (Wildman–Crippen LogP) is 5.58. The van der Waals surface area contributed by atoms with Gasteiger partial charge in [0.2, 0.25) is 0 Å². The van der Waals surface area contributed by atoms with Crippen LogP contribution < -0.4 is 0 Å². The number of hydrogen-bond donors (Lipinski definition) is 2. The van der Waals surface area contributed by atoms with E-state index in [9.17, 15) is 10.2 Å². The van der Waals surface area contributed by atoms with Crippen molar-refractivity contribution in [2.45, 2.75) is 38.3 Å². The Kier molecular flexibility index (Phi) is 5.96. The van der Waals surface area contributed by atoms with Crippen molar-refractivity contribution in [1.29, 1.82) is 0 Å². The summed E-state index contributed by atoms with van der Waals surface area (Å²) in [5, 5.41) is 21.3. The maximum atomic E-state index is 11.0. The van der Waals surface area contributed by atoms with Crippen LogP contribution in [0.5, 0.6) is 5.75 Å². The quantitative estimate of drug-likeness (QED) is 0.573. The molecule has 0 bridgehead atoms. The van der Waals surface area contributed by atoms with Crippen molar-refractivity contribution in [3.63, 3.8) is 0 Å². The molecule has 3 aromatic rings. The number of aliphatic imine (C=N–C) groups is 1. The van der Waals surface area contributed by atoms with Crippen LogP contribution in [0.2, 0.25) is 0 Å². The molecule has 3 heteroatoms. The molecule has 2 atom stereocenters. The molecule has 0 amide bonds. The number of hydrogen-bond acceptors (Lipinski definition) is 3. The fourth-order valence-electron chi connectivity index (χ4n) is 3.12. The molecule has 0 aromatic heterocycles. The summed E-state index contributed by atoms with van der Waals surface area (Å²) in [5.41, 5.74) is 3.46. The van der Waals surface area contributed by atoms with Crippen molar-refractivity contribution in [2.75, 3.05) is 0 Å². The Bertz CT molecular complexity index is 928. The molecule has 0 unspecified atom stereocenters. The molecular formula is C25H27NO2. The van der Waals surface area contributed by atoms with Crippen LogP contribution in [0.15, 0.2) is 83.9 Å². The van der Waals surface area contributed by atoms with E-state index in [0.29, 0.717) is 5.56 Å². The van der Waals surface area contributed by atoms with Gasteiger partial charge in [-0.1, -0.05) is 87.5 Å². The molecule has 0 fully saturated rings. The van der Waals surface area contributed by atoms with Crippen LogP contribution in [0, 0.1) is 0 Å². The number of phenolic OH excluding ortho intramolecular Hbond substituents is 1. The zero-order chi connectivity index (χ0) is 20.1. The van der Waals surface area contributed by atoms with Gasteiger partial charge in [0, 0.05) is 11.8 Å². The molecular weight excluding hydrogens is 346 g/mol. The van der Waals surface area contributed by atoms with Crippen molar-refractivity contribution < 1.29 is 10.2 Å². The summed E-state index contributed by atoms with van der Waals surface area (Å²) in [4.78, 5) is 4.69. The third kappa shape index (κ3) is 4.68. The van der Waals surface area contributed by atoms with Gasteiger partial charge < -0.3 is 10.2 Å². The first-order chi connectivity index (χ1) is 13.4. The first-order valence-electron chi connectivity index (χ1n) is 9.51. The normalized spacial score (nSPS) is 14.1. The second-order valence-corrected chi connectivity index (χ2v) is 8.01. The van der Waals surface area contributed by atoms with Crippen LogP contribution in [-0.2, 0) is 5.41 Å². The molecule has 0 heterocycles. The molecule has 0 saturated carbocycles. The van der Waals surface area contributed by atoms with Crippen LogP contribution in [0.25, 0.3) is 0 Å². The van der Waals surface area contributed by atoms with Gasteiger partial charge in [-0.05, 0) is 34.2 Å². The van der Waals surface area contributed by atoms with Gasteiger partial charge in [0.25, 0.3) is 0 Å². The average molecular weight is 373 g/mol. The smallest absolute Gasteiger partial charge is 0.124 e. The van der Waals surface area contributed by atoms with E-state index < -0.39 is 12.1 Å². The second kappa shape index (κ2) is 8.41. The van der Waals surface area contributed by atoms with E-state index in [1.165, 1.54) is 0 Å². The zero-order valence-corrected chi connectivity index (χ0v) is 16.6. The molecule has 28 heavy (non-hydrogen) atoms. The summed E-state index contributed by atoms with van der Waals surface area (Å²) in [6, 6.07) is 24.4. The fourth-order valence-corrected chi connectivity index (χ4v) is 3.12. The average Bonchev–Trinajstić information content (AvgIpc) is 2.70. The second-order valence-electron chi connectivity index (χ2n) is 8.01. The minimum absolute atomic E-state index is 0.0291. The van der Waals surface area contributed by atoms with Crippen LogP contribution in [0.1, 0.15) is 55.2 Å². The molecule has 0 saturated heterocycles. The largest absolute Gasteiger partial charge is 0.507 e. The predicted molar refractivity (Wildman–Crippen MR) is 115 cm³/mol. The number of rotatable bonds is 5. The lowest BCUT2D eigenvalue weighted by Crippen LogP contribution is -2.12. The molecule has 0 radical (unpaired) electrons. The maximum absolute atomic E-state index is 11.0. The first-order valence-corrected chi connectivity index (χ1v) is 9.51. The van der Waals surface area contributed by atoms with E-state index >= 15 is 0 Å². The Labute approximate surface area is 167 Å². The van der Waals surface area contributed by atoms with Crippen LogP contribution in [0.3, 0.4) is 0 Å². The molecule has 144 valence electrons. The van der Waals surface area contributed by atoms with Gasteiger partial charge in [0.15, 0.2) is 0 Å². The highest BCUT2D eigenvalue weighted by Crippen LogP contribution is 2.33. The Morgan fingerprint density at radius 1 is 0.821 bits per heavy atom. The van der Waals surface area contributed by atoms with Crippen molar-refractivity contribution >= 4 is 6.21 Å². The summed E-state index contributed by atoms with van der Waals surface area (Å²) in [5.74, 6) is 0.178. The molecule has 2 N–H and O–H groups in total. The number of benzene rings is 3. The summed E-state index contributed by atoms with van der Waals surface area (Å²) in [6.45, 7) is 6.39. The number of aliphatic hydroxyl groups excluding tert-OH is 1. The Balaban J connectivity index is 1.99.